The maximum atomic E-state index is 11.9. The maximum Gasteiger partial charge on any atom is 0.318 e. The third-order valence-electron chi connectivity index (χ3n) is 2.51. The molecule has 1 aliphatic carbocycles. The van der Waals surface area contributed by atoms with Crippen molar-refractivity contribution in [2.45, 2.75) is 51.6 Å². The van der Waals surface area contributed by atoms with Gasteiger partial charge in [0.05, 0.1) is 6.42 Å². The summed E-state index contributed by atoms with van der Waals surface area (Å²) in [5.74, 6) is -0.881. The lowest BCUT2D eigenvalue weighted by molar-refractivity contribution is -0.137. The van der Waals surface area contributed by atoms with Crippen molar-refractivity contribution in [1.82, 2.24) is 10.2 Å². The molecule has 1 fully saturated rings. The average molecular weight is 228 g/mol. The molecule has 0 spiro atoms. The van der Waals surface area contributed by atoms with Crippen LogP contribution < -0.4 is 5.32 Å². The number of hydrogen-bond acceptors (Lipinski definition) is 2. The Bertz CT molecular complexity index is 279. The van der Waals surface area contributed by atoms with E-state index in [0.717, 1.165) is 12.8 Å². The number of rotatable bonds is 4. The SMILES string of the molecule is CC(C)(C)N(CCC(=O)O)C(=O)NC1CC1. The molecule has 0 aromatic rings. The average Bonchev–Trinajstić information content (AvgIpc) is 2.84. The van der Waals surface area contributed by atoms with Crippen LogP contribution in [-0.4, -0.2) is 40.1 Å². The quantitative estimate of drug-likeness (QED) is 0.764. The number of aliphatic carboxylic acids is 1. The highest BCUT2D eigenvalue weighted by Gasteiger charge is 2.31. The van der Waals surface area contributed by atoms with E-state index in [1.165, 1.54) is 0 Å². The molecule has 0 bridgehead atoms. The summed E-state index contributed by atoms with van der Waals surface area (Å²) in [6, 6.07) is 0.137. The number of carbonyl (C=O) groups excluding carboxylic acids is 1. The molecule has 2 amide bonds. The Morgan fingerprint density at radius 2 is 1.94 bits per heavy atom. The van der Waals surface area contributed by atoms with Crippen molar-refractivity contribution in [3.05, 3.63) is 0 Å². The molecule has 0 aliphatic heterocycles. The summed E-state index contributed by atoms with van der Waals surface area (Å²) in [5.41, 5.74) is -0.353. The van der Waals surface area contributed by atoms with Gasteiger partial charge in [-0.1, -0.05) is 0 Å². The van der Waals surface area contributed by atoms with Crippen LogP contribution in [0.5, 0.6) is 0 Å². The first-order valence-corrected chi connectivity index (χ1v) is 5.60. The van der Waals surface area contributed by atoms with Crippen molar-refractivity contribution in [2.24, 2.45) is 0 Å². The smallest absolute Gasteiger partial charge is 0.318 e. The minimum Gasteiger partial charge on any atom is -0.481 e. The molecule has 0 atom stereocenters. The Balaban J connectivity index is 2.54. The molecule has 0 radical (unpaired) electrons. The summed E-state index contributed by atoms with van der Waals surface area (Å²) in [6.45, 7) is 5.96. The minimum atomic E-state index is -0.881. The van der Waals surface area contributed by atoms with E-state index >= 15 is 0 Å². The van der Waals surface area contributed by atoms with Crippen LogP contribution in [0, 0.1) is 0 Å². The largest absolute Gasteiger partial charge is 0.481 e. The van der Waals surface area contributed by atoms with E-state index in [2.05, 4.69) is 5.32 Å². The lowest BCUT2D eigenvalue weighted by Crippen LogP contribution is -2.51. The fraction of sp³-hybridized carbons (Fsp3) is 0.818. The number of amides is 2. The zero-order chi connectivity index (χ0) is 12.3. The van der Waals surface area contributed by atoms with E-state index < -0.39 is 5.97 Å². The Hall–Kier alpha value is -1.26. The third kappa shape index (κ3) is 4.08. The summed E-state index contributed by atoms with van der Waals surface area (Å²) in [7, 11) is 0. The number of carboxylic acids is 1. The topological polar surface area (TPSA) is 69.6 Å². The van der Waals surface area contributed by atoms with Gasteiger partial charge in [-0.3, -0.25) is 4.79 Å². The van der Waals surface area contributed by atoms with Gasteiger partial charge < -0.3 is 15.3 Å². The van der Waals surface area contributed by atoms with E-state index in [9.17, 15) is 9.59 Å². The van der Waals surface area contributed by atoms with Gasteiger partial charge in [-0.25, -0.2) is 4.79 Å². The summed E-state index contributed by atoms with van der Waals surface area (Å²) in [6.07, 6.45) is 2.04. The molecule has 0 aromatic carbocycles. The lowest BCUT2D eigenvalue weighted by atomic mass is 10.1. The van der Waals surface area contributed by atoms with Gasteiger partial charge in [0.25, 0.3) is 0 Å². The van der Waals surface area contributed by atoms with Crippen molar-refractivity contribution in [2.75, 3.05) is 6.54 Å². The van der Waals surface area contributed by atoms with Gasteiger partial charge in [-0.05, 0) is 33.6 Å². The second kappa shape index (κ2) is 4.72. The van der Waals surface area contributed by atoms with Crippen LogP contribution in [0.2, 0.25) is 0 Å². The predicted molar refractivity (Wildman–Crippen MR) is 60.3 cm³/mol. The predicted octanol–water partition coefficient (Wildman–Crippen LogP) is 1.43. The van der Waals surface area contributed by atoms with Gasteiger partial charge in [-0.15, -0.1) is 0 Å². The fourth-order valence-electron chi connectivity index (χ4n) is 1.43. The molecule has 1 rings (SSSR count). The van der Waals surface area contributed by atoms with Crippen LogP contribution in [0.4, 0.5) is 4.79 Å². The molecule has 0 aromatic heterocycles. The maximum absolute atomic E-state index is 11.9. The monoisotopic (exact) mass is 228 g/mol. The zero-order valence-electron chi connectivity index (χ0n) is 10.1. The summed E-state index contributed by atoms with van der Waals surface area (Å²) < 4.78 is 0. The van der Waals surface area contributed by atoms with Gasteiger partial charge in [-0.2, -0.15) is 0 Å². The first-order chi connectivity index (χ1) is 7.30. The first kappa shape index (κ1) is 12.8. The van der Waals surface area contributed by atoms with Crippen LogP contribution >= 0.6 is 0 Å². The Kier molecular flexibility index (Phi) is 3.78. The van der Waals surface area contributed by atoms with Gasteiger partial charge in [0, 0.05) is 18.1 Å². The standard InChI is InChI=1S/C11H20N2O3/c1-11(2,3)13(7-6-9(14)15)10(16)12-8-4-5-8/h8H,4-7H2,1-3H3,(H,12,16)(H,14,15). The summed E-state index contributed by atoms with van der Waals surface area (Å²) >= 11 is 0. The van der Waals surface area contributed by atoms with Crippen LogP contribution in [0.3, 0.4) is 0 Å². The van der Waals surface area contributed by atoms with Crippen LogP contribution in [0.25, 0.3) is 0 Å². The van der Waals surface area contributed by atoms with Gasteiger partial charge >= 0.3 is 12.0 Å². The normalized spacial score (nSPS) is 15.7. The van der Waals surface area contributed by atoms with Gasteiger partial charge in [0.1, 0.15) is 0 Å². The molecule has 1 aliphatic rings. The molecule has 5 nitrogen and oxygen atoms in total. The molecule has 0 heterocycles. The zero-order valence-corrected chi connectivity index (χ0v) is 10.1. The van der Waals surface area contributed by atoms with E-state index in [0.29, 0.717) is 6.04 Å². The number of nitrogens with zero attached hydrogens (tertiary/aromatic N) is 1. The molecular weight excluding hydrogens is 208 g/mol. The van der Waals surface area contributed by atoms with E-state index in [1.54, 1.807) is 4.90 Å². The first-order valence-electron chi connectivity index (χ1n) is 5.60. The number of carbonyl (C=O) groups is 2. The Morgan fingerprint density at radius 3 is 2.31 bits per heavy atom. The fourth-order valence-corrected chi connectivity index (χ4v) is 1.43. The van der Waals surface area contributed by atoms with Gasteiger partial charge in [0.2, 0.25) is 0 Å². The van der Waals surface area contributed by atoms with Gasteiger partial charge in [0.15, 0.2) is 0 Å². The number of carboxylic acid groups (broad SMARTS) is 1. The molecular formula is C11H20N2O3. The molecule has 5 heteroatoms. The summed E-state index contributed by atoms with van der Waals surface area (Å²) in [4.78, 5) is 24.0. The second-order valence-corrected chi connectivity index (χ2v) is 5.19. The third-order valence-corrected chi connectivity index (χ3v) is 2.51. The highest BCUT2D eigenvalue weighted by Crippen LogP contribution is 2.21. The van der Waals surface area contributed by atoms with Crippen molar-refractivity contribution < 1.29 is 14.7 Å². The number of hydrogen-bond donors (Lipinski definition) is 2. The molecule has 92 valence electrons. The van der Waals surface area contributed by atoms with Crippen LogP contribution in [0.15, 0.2) is 0 Å². The second-order valence-electron chi connectivity index (χ2n) is 5.19. The van der Waals surface area contributed by atoms with E-state index in [1.807, 2.05) is 20.8 Å². The molecule has 0 saturated heterocycles. The Labute approximate surface area is 95.8 Å². The highest BCUT2D eigenvalue weighted by atomic mass is 16.4. The van der Waals surface area contributed by atoms with Crippen molar-refractivity contribution in [3.8, 4) is 0 Å². The van der Waals surface area contributed by atoms with Crippen molar-refractivity contribution in [1.29, 1.82) is 0 Å². The van der Waals surface area contributed by atoms with Crippen molar-refractivity contribution in [3.63, 3.8) is 0 Å². The Morgan fingerprint density at radius 1 is 1.38 bits per heavy atom. The minimum absolute atomic E-state index is 0.0185. The van der Waals surface area contributed by atoms with Crippen LogP contribution in [-0.2, 0) is 4.79 Å². The van der Waals surface area contributed by atoms with E-state index in [-0.39, 0.29) is 24.5 Å². The highest BCUT2D eigenvalue weighted by molar-refractivity contribution is 5.76. The number of nitrogens with one attached hydrogen (secondary N) is 1. The molecule has 16 heavy (non-hydrogen) atoms. The number of urea groups is 1. The van der Waals surface area contributed by atoms with E-state index in [4.69, 9.17) is 5.11 Å². The van der Waals surface area contributed by atoms with Crippen molar-refractivity contribution >= 4 is 12.0 Å². The molecule has 2 N–H and O–H groups in total. The summed E-state index contributed by atoms with van der Waals surface area (Å²) in [5, 5.41) is 11.5. The molecule has 0 unspecified atom stereocenters. The van der Waals surface area contributed by atoms with Crippen LogP contribution in [0.1, 0.15) is 40.0 Å². The lowest BCUT2D eigenvalue weighted by Gasteiger charge is -2.35. The molecule has 1 saturated carbocycles.